The Kier molecular flexibility index (Phi) is 10.9. The Labute approximate surface area is 187 Å². The molecule has 2 aromatic rings. The topological polar surface area (TPSA) is 83.8 Å². The van der Waals surface area contributed by atoms with Crippen LogP contribution >= 0.6 is 0 Å². The Bertz CT molecular complexity index is 893. The number of phenols is 1. The number of benzene rings is 2. The monoisotopic (exact) mass is 448 g/mol. The molecule has 172 valence electrons. The first-order chi connectivity index (χ1) is 14.9. The maximum Gasteiger partial charge on any atom is 0.294 e. The molecule has 0 radical (unpaired) electrons. The van der Waals surface area contributed by atoms with E-state index in [1.807, 2.05) is 0 Å². The predicted octanol–water partition coefficient (Wildman–Crippen LogP) is 7.28. The van der Waals surface area contributed by atoms with Crippen LogP contribution in [0.2, 0.25) is 0 Å². The Morgan fingerprint density at radius 2 is 1.29 bits per heavy atom. The van der Waals surface area contributed by atoms with Gasteiger partial charge in [-0.05, 0) is 37.1 Å². The first-order valence-corrected chi connectivity index (χ1v) is 12.9. The summed E-state index contributed by atoms with van der Waals surface area (Å²) in [6, 6.07) is 11.1. The molecule has 0 saturated carbocycles. The molecule has 2 rings (SSSR count). The fourth-order valence-electron chi connectivity index (χ4n) is 3.76. The lowest BCUT2D eigenvalue weighted by Crippen LogP contribution is -2.05. The zero-order valence-electron chi connectivity index (χ0n) is 18.6. The van der Waals surface area contributed by atoms with E-state index in [1.54, 1.807) is 24.3 Å². The van der Waals surface area contributed by atoms with E-state index < -0.39 is 10.1 Å². The van der Waals surface area contributed by atoms with Crippen LogP contribution in [0.4, 0.5) is 0 Å². The summed E-state index contributed by atoms with van der Waals surface area (Å²) < 4.78 is 39.2. The molecule has 0 aromatic heterocycles. The minimum absolute atomic E-state index is 0.0274. The molecule has 0 saturated heterocycles. The molecule has 0 aliphatic rings. The second-order valence-corrected chi connectivity index (χ2v) is 9.45. The summed E-state index contributed by atoms with van der Waals surface area (Å²) in [5.74, 6) is 0.555. The largest absolute Gasteiger partial charge is 0.504 e. The third kappa shape index (κ3) is 8.91. The first-order valence-electron chi connectivity index (χ1n) is 11.5. The average Bonchev–Trinajstić information content (AvgIpc) is 2.73. The van der Waals surface area contributed by atoms with E-state index in [0.29, 0.717) is 17.7 Å². The lowest BCUT2D eigenvalue weighted by Gasteiger charge is -2.15. The second kappa shape index (κ2) is 13.4. The summed E-state index contributed by atoms with van der Waals surface area (Å²) in [7, 11) is -4.37. The lowest BCUT2D eigenvalue weighted by molar-refractivity contribution is 0.407. The van der Waals surface area contributed by atoms with Crippen molar-refractivity contribution in [1.29, 1.82) is 0 Å². The molecule has 0 bridgehead atoms. The quantitative estimate of drug-likeness (QED) is 0.221. The molecule has 0 atom stereocenters. The lowest BCUT2D eigenvalue weighted by atomic mass is 10.0. The summed E-state index contributed by atoms with van der Waals surface area (Å²) >= 11 is 0. The molecule has 0 aliphatic carbocycles. The number of hydrogen-bond donors (Lipinski definition) is 2. The van der Waals surface area contributed by atoms with E-state index in [-0.39, 0.29) is 16.4 Å². The van der Waals surface area contributed by atoms with Gasteiger partial charge in [0.25, 0.3) is 10.1 Å². The normalized spacial score (nSPS) is 11.5. The molecular formula is C25H36O5S. The van der Waals surface area contributed by atoms with Gasteiger partial charge in [0.1, 0.15) is 10.6 Å². The summed E-state index contributed by atoms with van der Waals surface area (Å²) in [6.07, 6.45) is 13.7. The number of para-hydroxylation sites is 2. The average molecular weight is 449 g/mol. The number of aromatic hydroxyl groups is 1. The molecular weight excluding hydrogens is 412 g/mol. The summed E-state index contributed by atoms with van der Waals surface area (Å²) in [5.41, 5.74) is 0.448. The van der Waals surface area contributed by atoms with Crippen molar-refractivity contribution in [3.8, 4) is 17.2 Å². The van der Waals surface area contributed by atoms with E-state index >= 15 is 0 Å². The molecule has 31 heavy (non-hydrogen) atoms. The van der Waals surface area contributed by atoms with Crippen LogP contribution in [-0.2, 0) is 16.5 Å². The molecule has 2 aromatic carbocycles. The zero-order valence-corrected chi connectivity index (χ0v) is 19.4. The van der Waals surface area contributed by atoms with Crippen molar-refractivity contribution in [3.63, 3.8) is 0 Å². The van der Waals surface area contributed by atoms with Crippen LogP contribution in [0.3, 0.4) is 0 Å². The van der Waals surface area contributed by atoms with Gasteiger partial charge in [-0.1, -0.05) is 89.3 Å². The molecule has 6 heteroatoms. The number of rotatable bonds is 15. The van der Waals surface area contributed by atoms with Crippen LogP contribution in [0.25, 0.3) is 0 Å². The predicted molar refractivity (Wildman–Crippen MR) is 125 cm³/mol. The van der Waals surface area contributed by atoms with E-state index in [0.717, 1.165) is 19.3 Å². The van der Waals surface area contributed by atoms with Crippen molar-refractivity contribution in [2.24, 2.45) is 0 Å². The van der Waals surface area contributed by atoms with Gasteiger partial charge in [-0.25, -0.2) is 0 Å². The summed E-state index contributed by atoms with van der Waals surface area (Å²) in [5, 5.41) is 9.98. The zero-order chi connectivity index (χ0) is 22.5. The van der Waals surface area contributed by atoms with Crippen LogP contribution < -0.4 is 4.74 Å². The molecule has 0 spiro atoms. The highest BCUT2D eigenvalue weighted by molar-refractivity contribution is 7.85. The number of phenolic OH excluding ortho intramolecular Hbond substituents is 1. The summed E-state index contributed by atoms with van der Waals surface area (Å²) in [4.78, 5) is -0.132. The molecule has 0 heterocycles. The van der Waals surface area contributed by atoms with Crippen LogP contribution in [0.5, 0.6) is 17.2 Å². The number of hydrogen-bond acceptors (Lipinski definition) is 4. The van der Waals surface area contributed by atoms with Gasteiger partial charge in [-0.15, -0.1) is 0 Å². The highest BCUT2D eigenvalue weighted by atomic mass is 32.2. The van der Waals surface area contributed by atoms with E-state index in [1.165, 1.54) is 69.6 Å². The van der Waals surface area contributed by atoms with Crippen LogP contribution in [0, 0.1) is 0 Å². The van der Waals surface area contributed by atoms with Gasteiger partial charge < -0.3 is 9.84 Å². The minimum Gasteiger partial charge on any atom is -0.504 e. The van der Waals surface area contributed by atoms with Crippen molar-refractivity contribution < 1.29 is 22.8 Å². The third-order valence-electron chi connectivity index (χ3n) is 5.48. The highest BCUT2D eigenvalue weighted by Crippen LogP contribution is 2.35. The Hall–Kier alpha value is -2.05. The summed E-state index contributed by atoms with van der Waals surface area (Å²) in [6.45, 7) is 2.23. The van der Waals surface area contributed by atoms with Crippen molar-refractivity contribution in [3.05, 3.63) is 48.0 Å². The maximum atomic E-state index is 11.9. The van der Waals surface area contributed by atoms with Gasteiger partial charge >= 0.3 is 0 Å². The van der Waals surface area contributed by atoms with Crippen molar-refractivity contribution in [1.82, 2.24) is 0 Å². The van der Waals surface area contributed by atoms with Gasteiger partial charge in [0.15, 0.2) is 11.5 Å². The Morgan fingerprint density at radius 1 is 0.742 bits per heavy atom. The van der Waals surface area contributed by atoms with Crippen LogP contribution in [-0.4, -0.2) is 18.1 Å². The van der Waals surface area contributed by atoms with E-state index in [2.05, 4.69) is 6.92 Å². The van der Waals surface area contributed by atoms with Crippen molar-refractivity contribution >= 4 is 10.1 Å². The maximum absolute atomic E-state index is 11.9. The highest BCUT2D eigenvalue weighted by Gasteiger charge is 2.20. The van der Waals surface area contributed by atoms with Gasteiger partial charge in [-0.2, -0.15) is 8.42 Å². The van der Waals surface area contributed by atoms with Gasteiger partial charge in [0, 0.05) is 5.56 Å². The van der Waals surface area contributed by atoms with Crippen molar-refractivity contribution in [2.75, 3.05) is 0 Å². The fourth-order valence-corrected chi connectivity index (χ4v) is 4.52. The van der Waals surface area contributed by atoms with Crippen molar-refractivity contribution in [2.45, 2.75) is 88.9 Å². The molecule has 0 fully saturated rings. The molecule has 0 amide bonds. The van der Waals surface area contributed by atoms with E-state index in [4.69, 9.17) is 4.74 Å². The number of unbranched alkanes of at least 4 members (excludes halogenated alkanes) is 10. The Balaban J connectivity index is 1.90. The molecule has 0 aliphatic heterocycles. The Morgan fingerprint density at radius 3 is 1.87 bits per heavy atom. The van der Waals surface area contributed by atoms with E-state index in [9.17, 15) is 18.1 Å². The standard InChI is InChI=1S/C25H36O5S/c1-2-3-4-5-6-7-8-9-10-11-12-16-21-23(19-15-20-25(21)31(27,28)29)30-24-18-14-13-17-22(24)26/h13-15,17-20,26H,2-12,16H2,1H3,(H,27,28,29). The van der Waals surface area contributed by atoms with Crippen LogP contribution in [0.1, 0.15) is 83.1 Å². The molecule has 5 nitrogen and oxygen atoms in total. The molecule has 2 N–H and O–H groups in total. The fraction of sp³-hybridized carbons (Fsp3) is 0.520. The van der Waals surface area contributed by atoms with Gasteiger partial charge in [-0.3, -0.25) is 4.55 Å². The van der Waals surface area contributed by atoms with Crippen LogP contribution in [0.15, 0.2) is 47.4 Å². The smallest absolute Gasteiger partial charge is 0.294 e. The van der Waals surface area contributed by atoms with Gasteiger partial charge in [0.05, 0.1) is 0 Å². The SMILES string of the molecule is CCCCCCCCCCCCCc1c(Oc2ccccc2O)cccc1S(=O)(=O)O. The minimum atomic E-state index is -4.37. The van der Waals surface area contributed by atoms with Gasteiger partial charge in [0.2, 0.25) is 0 Å². The second-order valence-electron chi connectivity index (χ2n) is 8.06. The third-order valence-corrected chi connectivity index (χ3v) is 6.42. The molecule has 0 unspecified atom stereocenters. The number of ether oxygens (including phenoxy) is 1. The first kappa shape index (κ1) is 25.2.